The van der Waals surface area contributed by atoms with Gasteiger partial charge >= 0.3 is 6.09 Å². The fraction of sp³-hybridized carbons (Fsp3) is 0.429. The molecule has 2 heterocycles. The number of aryl methyl sites for hydroxylation is 1. The SMILES string of the molecule is CCCCOC(=O)N1CCC[C@H]1C=Cc1oc2cc(C#N)ccc2c1C. The lowest BCUT2D eigenvalue weighted by Crippen LogP contribution is -2.35. The third-order valence-electron chi connectivity index (χ3n) is 4.83. The van der Waals surface area contributed by atoms with Crippen LogP contribution in [0.1, 0.15) is 49.5 Å². The van der Waals surface area contributed by atoms with Crippen molar-refractivity contribution in [3.05, 3.63) is 41.2 Å². The maximum absolute atomic E-state index is 12.2. The summed E-state index contributed by atoms with van der Waals surface area (Å²) < 4.78 is 11.2. The Morgan fingerprint density at radius 2 is 2.35 bits per heavy atom. The molecule has 2 aromatic rings. The predicted molar refractivity (Wildman–Crippen MR) is 101 cm³/mol. The van der Waals surface area contributed by atoms with E-state index >= 15 is 0 Å². The van der Waals surface area contributed by atoms with Crippen LogP contribution in [0.5, 0.6) is 0 Å². The third kappa shape index (κ3) is 3.75. The Kier molecular flexibility index (Phi) is 5.62. The quantitative estimate of drug-likeness (QED) is 0.708. The molecule has 0 N–H and O–H groups in total. The van der Waals surface area contributed by atoms with Crippen molar-refractivity contribution in [2.45, 2.75) is 45.6 Å². The average Bonchev–Trinajstić information content (AvgIpc) is 3.24. The van der Waals surface area contributed by atoms with Crippen molar-refractivity contribution < 1.29 is 13.9 Å². The Morgan fingerprint density at radius 3 is 3.12 bits per heavy atom. The number of ether oxygens (including phenoxy) is 1. The van der Waals surface area contributed by atoms with E-state index in [9.17, 15) is 4.79 Å². The van der Waals surface area contributed by atoms with Gasteiger partial charge in [-0.1, -0.05) is 19.4 Å². The van der Waals surface area contributed by atoms with Gasteiger partial charge in [0.1, 0.15) is 11.3 Å². The molecule has 1 aliphatic rings. The molecule has 136 valence electrons. The van der Waals surface area contributed by atoms with E-state index in [0.717, 1.165) is 48.9 Å². The van der Waals surface area contributed by atoms with Crippen LogP contribution < -0.4 is 0 Å². The van der Waals surface area contributed by atoms with Gasteiger partial charge in [0.25, 0.3) is 0 Å². The van der Waals surface area contributed by atoms with Crippen molar-refractivity contribution in [2.24, 2.45) is 0 Å². The molecule has 1 fully saturated rings. The number of likely N-dealkylation sites (tertiary alicyclic amines) is 1. The van der Waals surface area contributed by atoms with Gasteiger partial charge in [-0.2, -0.15) is 5.26 Å². The zero-order valence-electron chi connectivity index (χ0n) is 15.3. The number of amides is 1. The first kappa shape index (κ1) is 18.1. The number of nitriles is 1. The Labute approximate surface area is 153 Å². The Bertz CT molecular complexity index is 860. The number of nitrogens with zero attached hydrogens (tertiary/aromatic N) is 2. The second-order valence-electron chi connectivity index (χ2n) is 6.64. The van der Waals surface area contributed by atoms with Crippen LogP contribution in [0.3, 0.4) is 0 Å². The van der Waals surface area contributed by atoms with E-state index in [2.05, 4.69) is 13.0 Å². The van der Waals surface area contributed by atoms with E-state index in [1.54, 1.807) is 17.0 Å². The van der Waals surface area contributed by atoms with Crippen LogP contribution in [-0.4, -0.2) is 30.2 Å². The Hall–Kier alpha value is -2.74. The zero-order chi connectivity index (χ0) is 18.5. The monoisotopic (exact) mass is 352 g/mol. The summed E-state index contributed by atoms with van der Waals surface area (Å²) in [5.74, 6) is 0.765. The molecule has 1 atom stereocenters. The molecule has 1 saturated heterocycles. The van der Waals surface area contributed by atoms with Crippen LogP contribution in [0, 0.1) is 18.3 Å². The van der Waals surface area contributed by atoms with Gasteiger partial charge in [-0.15, -0.1) is 0 Å². The molecule has 0 unspecified atom stereocenters. The minimum atomic E-state index is -0.231. The first-order chi connectivity index (χ1) is 12.6. The highest BCUT2D eigenvalue weighted by molar-refractivity contribution is 5.85. The first-order valence-electron chi connectivity index (χ1n) is 9.19. The van der Waals surface area contributed by atoms with Crippen molar-refractivity contribution in [3.63, 3.8) is 0 Å². The lowest BCUT2D eigenvalue weighted by molar-refractivity contribution is 0.102. The second-order valence-corrected chi connectivity index (χ2v) is 6.64. The highest BCUT2D eigenvalue weighted by atomic mass is 16.6. The molecule has 0 saturated carbocycles. The fourth-order valence-electron chi connectivity index (χ4n) is 3.28. The van der Waals surface area contributed by atoms with Crippen molar-refractivity contribution in [2.75, 3.05) is 13.2 Å². The van der Waals surface area contributed by atoms with E-state index in [1.807, 2.05) is 25.1 Å². The standard InChI is InChI=1S/C21H24N2O3/c1-3-4-12-25-21(24)23-11-5-6-17(23)8-10-19-15(2)18-9-7-16(14-22)13-20(18)26-19/h7-10,13,17H,3-6,11-12H2,1-2H3/t17-/m0/s1. The van der Waals surface area contributed by atoms with E-state index in [1.165, 1.54) is 0 Å². The summed E-state index contributed by atoms with van der Waals surface area (Å²) in [6, 6.07) is 7.63. The van der Waals surface area contributed by atoms with Gasteiger partial charge in [-0.3, -0.25) is 0 Å². The maximum Gasteiger partial charge on any atom is 0.410 e. The van der Waals surface area contributed by atoms with Crippen molar-refractivity contribution in [1.29, 1.82) is 5.26 Å². The van der Waals surface area contributed by atoms with Gasteiger partial charge in [0, 0.05) is 17.5 Å². The van der Waals surface area contributed by atoms with Gasteiger partial charge in [0.2, 0.25) is 0 Å². The molecular weight excluding hydrogens is 328 g/mol. The van der Waals surface area contributed by atoms with Crippen LogP contribution in [0.4, 0.5) is 4.79 Å². The first-order valence-corrected chi connectivity index (χ1v) is 9.19. The summed E-state index contributed by atoms with van der Waals surface area (Å²) in [4.78, 5) is 14.0. The maximum atomic E-state index is 12.2. The number of unbranched alkanes of at least 4 members (excludes halogenated alkanes) is 1. The number of fused-ring (bicyclic) bond motifs is 1. The minimum Gasteiger partial charge on any atom is -0.456 e. The number of carbonyl (C=O) groups is 1. The Balaban J connectivity index is 1.74. The molecule has 0 radical (unpaired) electrons. The second kappa shape index (κ2) is 8.09. The van der Waals surface area contributed by atoms with E-state index in [0.29, 0.717) is 17.8 Å². The average molecular weight is 352 g/mol. The molecule has 1 aliphatic heterocycles. The summed E-state index contributed by atoms with van der Waals surface area (Å²) in [7, 11) is 0. The fourth-order valence-corrected chi connectivity index (χ4v) is 3.28. The molecule has 5 nitrogen and oxygen atoms in total. The number of furan rings is 1. The molecule has 0 bridgehead atoms. The summed E-state index contributed by atoms with van der Waals surface area (Å²) in [5, 5.41) is 10.0. The van der Waals surface area contributed by atoms with Crippen LogP contribution >= 0.6 is 0 Å². The van der Waals surface area contributed by atoms with Gasteiger partial charge < -0.3 is 14.1 Å². The number of benzene rings is 1. The summed E-state index contributed by atoms with van der Waals surface area (Å²) in [6.45, 7) is 5.28. The largest absolute Gasteiger partial charge is 0.456 e. The van der Waals surface area contributed by atoms with Crippen molar-refractivity contribution >= 4 is 23.1 Å². The van der Waals surface area contributed by atoms with E-state index < -0.39 is 0 Å². The Morgan fingerprint density at radius 1 is 1.50 bits per heavy atom. The molecule has 0 spiro atoms. The molecule has 26 heavy (non-hydrogen) atoms. The van der Waals surface area contributed by atoms with Crippen molar-refractivity contribution in [3.8, 4) is 6.07 Å². The minimum absolute atomic E-state index is 0.0337. The number of rotatable bonds is 5. The highest BCUT2D eigenvalue weighted by Gasteiger charge is 2.28. The molecular formula is C21H24N2O3. The highest BCUT2D eigenvalue weighted by Crippen LogP contribution is 2.28. The summed E-state index contributed by atoms with van der Waals surface area (Å²) in [5.41, 5.74) is 2.33. The van der Waals surface area contributed by atoms with Crippen LogP contribution in [-0.2, 0) is 4.74 Å². The van der Waals surface area contributed by atoms with Crippen LogP contribution in [0.2, 0.25) is 0 Å². The van der Waals surface area contributed by atoms with Crippen molar-refractivity contribution in [1.82, 2.24) is 4.90 Å². The van der Waals surface area contributed by atoms with Gasteiger partial charge in [0.05, 0.1) is 24.3 Å². The normalized spacial score (nSPS) is 17.1. The van der Waals surface area contributed by atoms with Crippen LogP contribution in [0.15, 0.2) is 28.7 Å². The topological polar surface area (TPSA) is 66.5 Å². The number of hydrogen-bond acceptors (Lipinski definition) is 4. The van der Waals surface area contributed by atoms with E-state index in [-0.39, 0.29) is 12.1 Å². The lowest BCUT2D eigenvalue weighted by Gasteiger charge is -2.21. The van der Waals surface area contributed by atoms with Gasteiger partial charge in [-0.05, 0) is 50.5 Å². The third-order valence-corrected chi connectivity index (χ3v) is 4.83. The lowest BCUT2D eigenvalue weighted by atomic mass is 10.1. The summed E-state index contributed by atoms with van der Waals surface area (Å²) in [6.07, 6.45) is 7.52. The number of hydrogen-bond donors (Lipinski definition) is 0. The molecule has 1 amide bonds. The molecule has 3 rings (SSSR count). The smallest absolute Gasteiger partial charge is 0.410 e. The van der Waals surface area contributed by atoms with E-state index in [4.69, 9.17) is 14.4 Å². The van der Waals surface area contributed by atoms with Crippen LogP contribution in [0.25, 0.3) is 17.0 Å². The molecule has 1 aromatic heterocycles. The van der Waals surface area contributed by atoms with Gasteiger partial charge in [-0.25, -0.2) is 4.79 Å². The number of carbonyl (C=O) groups excluding carboxylic acids is 1. The summed E-state index contributed by atoms with van der Waals surface area (Å²) >= 11 is 0. The predicted octanol–water partition coefficient (Wildman–Crippen LogP) is 5.03. The zero-order valence-corrected chi connectivity index (χ0v) is 15.3. The molecule has 0 aliphatic carbocycles. The molecule has 5 heteroatoms. The molecule has 1 aromatic carbocycles. The van der Waals surface area contributed by atoms with Gasteiger partial charge in [0.15, 0.2) is 0 Å².